The summed E-state index contributed by atoms with van der Waals surface area (Å²) < 4.78 is 7.14. The van der Waals surface area contributed by atoms with Crippen molar-refractivity contribution in [2.24, 2.45) is 12.8 Å². The standard InChI is InChI=1S/C21H29N5O4/c1-21(2,22)20(29)23-17(13-30-12-14-7-5-4-6-8-14)19(28)26-10-9-16-15(11-26)18(27)25(3)24-16/h4-8,17,24H,9-13,22H2,1-3H3,(H,23,29)/t17-/m1/s1. The molecule has 1 aromatic carbocycles. The molecule has 30 heavy (non-hydrogen) atoms. The molecule has 2 aromatic rings. The van der Waals surface area contributed by atoms with E-state index in [-0.39, 0.29) is 24.6 Å². The number of amides is 2. The Bertz CT molecular complexity index is 958. The number of carbonyl (C=O) groups is 2. The average molecular weight is 415 g/mol. The quantitative estimate of drug-likeness (QED) is 0.589. The Labute approximate surface area is 175 Å². The van der Waals surface area contributed by atoms with E-state index in [0.717, 1.165) is 11.3 Å². The third-order valence-electron chi connectivity index (χ3n) is 5.11. The number of hydrogen-bond acceptors (Lipinski definition) is 5. The van der Waals surface area contributed by atoms with Crippen molar-refractivity contribution >= 4 is 11.8 Å². The number of ether oxygens (including phenoxy) is 1. The molecule has 2 amide bonds. The van der Waals surface area contributed by atoms with Crippen LogP contribution in [0, 0.1) is 0 Å². The maximum absolute atomic E-state index is 13.2. The predicted octanol–water partition coefficient (Wildman–Crippen LogP) is 0.0370. The molecule has 0 radical (unpaired) electrons. The zero-order valence-corrected chi connectivity index (χ0v) is 17.6. The van der Waals surface area contributed by atoms with Crippen LogP contribution in [0.4, 0.5) is 0 Å². The van der Waals surface area contributed by atoms with Crippen molar-refractivity contribution < 1.29 is 14.3 Å². The lowest BCUT2D eigenvalue weighted by molar-refractivity contribution is -0.140. The Morgan fingerprint density at radius 2 is 2.00 bits per heavy atom. The number of rotatable bonds is 7. The second-order valence-corrected chi connectivity index (χ2v) is 8.19. The Balaban J connectivity index is 1.71. The summed E-state index contributed by atoms with van der Waals surface area (Å²) in [6.45, 7) is 4.11. The molecule has 1 aliphatic heterocycles. The molecule has 4 N–H and O–H groups in total. The van der Waals surface area contributed by atoms with E-state index in [9.17, 15) is 14.4 Å². The predicted molar refractivity (Wildman–Crippen MR) is 111 cm³/mol. The lowest BCUT2D eigenvalue weighted by Crippen LogP contribution is -2.58. The molecule has 2 heterocycles. The molecule has 9 heteroatoms. The van der Waals surface area contributed by atoms with Gasteiger partial charge in [0, 0.05) is 25.7 Å². The molecular formula is C21H29N5O4. The largest absolute Gasteiger partial charge is 0.374 e. The molecule has 0 spiro atoms. The molecule has 1 aromatic heterocycles. The van der Waals surface area contributed by atoms with Gasteiger partial charge in [-0.1, -0.05) is 30.3 Å². The van der Waals surface area contributed by atoms with Crippen LogP contribution in [0.3, 0.4) is 0 Å². The van der Waals surface area contributed by atoms with Crippen LogP contribution >= 0.6 is 0 Å². The van der Waals surface area contributed by atoms with Gasteiger partial charge in [0.15, 0.2) is 0 Å². The highest BCUT2D eigenvalue weighted by Gasteiger charge is 2.33. The Kier molecular flexibility index (Phi) is 6.42. The third kappa shape index (κ3) is 4.98. The maximum Gasteiger partial charge on any atom is 0.271 e. The molecule has 1 atom stereocenters. The highest BCUT2D eigenvalue weighted by molar-refractivity contribution is 5.91. The molecular weight excluding hydrogens is 386 g/mol. The van der Waals surface area contributed by atoms with Gasteiger partial charge in [-0.05, 0) is 19.4 Å². The summed E-state index contributed by atoms with van der Waals surface area (Å²) in [5, 5.41) is 5.73. The second-order valence-electron chi connectivity index (χ2n) is 8.19. The van der Waals surface area contributed by atoms with E-state index in [1.807, 2.05) is 30.3 Å². The minimum atomic E-state index is -1.14. The summed E-state index contributed by atoms with van der Waals surface area (Å²) >= 11 is 0. The fourth-order valence-corrected chi connectivity index (χ4v) is 3.34. The zero-order chi connectivity index (χ0) is 21.9. The number of benzene rings is 1. The van der Waals surface area contributed by atoms with Gasteiger partial charge in [0.05, 0.1) is 30.9 Å². The Hall–Kier alpha value is -2.91. The van der Waals surface area contributed by atoms with Crippen molar-refractivity contribution in [3.63, 3.8) is 0 Å². The van der Waals surface area contributed by atoms with Gasteiger partial charge in [0.2, 0.25) is 11.8 Å². The van der Waals surface area contributed by atoms with Crippen molar-refractivity contribution in [3.05, 3.63) is 57.5 Å². The number of H-pyrrole nitrogens is 1. The lowest BCUT2D eigenvalue weighted by atomic mass is 10.0. The van der Waals surface area contributed by atoms with Crippen LogP contribution in [0.25, 0.3) is 0 Å². The van der Waals surface area contributed by atoms with E-state index in [1.165, 1.54) is 4.68 Å². The first-order chi connectivity index (χ1) is 14.2. The maximum atomic E-state index is 13.2. The van der Waals surface area contributed by atoms with E-state index >= 15 is 0 Å². The summed E-state index contributed by atoms with van der Waals surface area (Å²) in [7, 11) is 1.65. The average Bonchev–Trinajstić information content (AvgIpc) is 3.00. The van der Waals surface area contributed by atoms with Crippen LogP contribution in [0.2, 0.25) is 0 Å². The van der Waals surface area contributed by atoms with Crippen LogP contribution in [0.5, 0.6) is 0 Å². The van der Waals surface area contributed by atoms with Crippen LogP contribution in [-0.4, -0.2) is 51.2 Å². The molecule has 0 unspecified atom stereocenters. The van der Waals surface area contributed by atoms with Crippen molar-refractivity contribution in [1.82, 2.24) is 20.0 Å². The number of fused-ring (bicyclic) bond motifs is 1. The third-order valence-corrected chi connectivity index (χ3v) is 5.11. The number of aromatic nitrogens is 2. The van der Waals surface area contributed by atoms with Crippen molar-refractivity contribution in [3.8, 4) is 0 Å². The number of nitrogens with zero attached hydrogens (tertiary/aromatic N) is 2. The number of nitrogens with one attached hydrogen (secondary N) is 2. The Morgan fingerprint density at radius 1 is 1.30 bits per heavy atom. The summed E-state index contributed by atoms with van der Waals surface area (Å²) in [5.74, 6) is -0.742. The highest BCUT2D eigenvalue weighted by Crippen LogP contribution is 2.15. The number of carbonyl (C=O) groups excluding carboxylic acids is 2. The van der Waals surface area contributed by atoms with E-state index in [2.05, 4.69) is 10.4 Å². The zero-order valence-electron chi connectivity index (χ0n) is 17.6. The summed E-state index contributed by atoms with van der Waals surface area (Å²) in [5.41, 5.74) is 6.99. The lowest BCUT2D eigenvalue weighted by Gasteiger charge is -2.31. The first-order valence-electron chi connectivity index (χ1n) is 9.94. The van der Waals surface area contributed by atoms with Gasteiger partial charge in [0.25, 0.3) is 5.56 Å². The molecule has 0 bridgehead atoms. The molecule has 1 aliphatic rings. The molecule has 162 valence electrons. The summed E-state index contributed by atoms with van der Waals surface area (Å²) in [6.07, 6.45) is 0.547. The molecule has 0 saturated heterocycles. The second kappa shape index (κ2) is 8.85. The monoisotopic (exact) mass is 415 g/mol. The molecule has 3 rings (SSSR count). The first kappa shape index (κ1) is 21.8. The highest BCUT2D eigenvalue weighted by atomic mass is 16.5. The van der Waals surface area contributed by atoms with Gasteiger partial charge in [-0.3, -0.25) is 24.2 Å². The van der Waals surface area contributed by atoms with Gasteiger partial charge in [-0.2, -0.15) is 0 Å². The molecule has 0 fully saturated rings. The molecule has 0 aliphatic carbocycles. The number of aryl methyl sites for hydroxylation is 1. The van der Waals surface area contributed by atoms with Crippen molar-refractivity contribution in [2.45, 2.75) is 45.0 Å². The van der Waals surface area contributed by atoms with Gasteiger partial charge >= 0.3 is 0 Å². The number of aromatic amines is 1. The van der Waals surface area contributed by atoms with Crippen LogP contribution in [-0.2, 0) is 40.9 Å². The van der Waals surface area contributed by atoms with Crippen molar-refractivity contribution in [1.29, 1.82) is 0 Å². The fraction of sp³-hybridized carbons (Fsp3) is 0.476. The van der Waals surface area contributed by atoms with Crippen LogP contribution in [0.1, 0.15) is 30.7 Å². The van der Waals surface area contributed by atoms with E-state index < -0.39 is 17.5 Å². The van der Waals surface area contributed by atoms with Gasteiger partial charge in [0.1, 0.15) is 6.04 Å². The van der Waals surface area contributed by atoms with E-state index in [4.69, 9.17) is 10.5 Å². The topological polar surface area (TPSA) is 122 Å². The van der Waals surface area contributed by atoms with Gasteiger partial charge in [-0.15, -0.1) is 0 Å². The summed E-state index contributed by atoms with van der Waals surface area (Å²) in [4.78, 5) is 39.5. The number of hydrogen-bond donors (Lipinski definition) is 3. The van der Waals surface area contributed by atoms with Gasteiger partial charge < -0.3 is 20.7 Å². The smallest absolute Gasteiger partial charge is 0.271 e. The normalized spacial score (nSPS) is 14.9. The Morgan fingerprint density at radius 3 is 2.67 bits per heavy atom. The molecule has 0 saturated carbocycles. The van der Waals surface area contributed by atoms with Crippen LogP contribution < -0.4 is 16.6 Å². The molecule has 9 nitrogen and oxygen atoms in total. The van der Waals surface area contributed by atoms with Crippen LogP contribution in [0.15, 0.2) is 35.1 Å². The van der Waals surface area contributed by atoms with E-state index in [0.29, 0.717) is 25.1 Å². The van der Waals surface area contributed by atoms with E-state index in [1.54, 1.807) is 25.8 Å². The minimum absolute atomic E-state index is 0.00402. The fourth-order valence-electron chi connectivity index (χ4n) is 3.34. The number of nitrogens with two attached hydrogens (primary N) is 1. The van der Waals surface area contributed by atoms with Crippen molar-refractivity contribution in [2.75, 3.05) is 13.2 Å². The SMILES string of the molecule is Cn1[nH]c2c(c1=O)CN(C(=O)[C@@H](COCc1ccccc1)NC(=O)C(C)(C)N)CC2. The first-order valence-corrected chi connectivity index (χ1v) is 9.94. The van der Waals surface area contributed by atoms with Gasteiger partial charge in [-0.25, -0.2) is 0 Å². The summed E-state index contributed by atoms with van der Waals surface area (Å²) in [6, 6.07) is 8.67. The minimum Gasteiger partial charge on any atom is -0.374 e.